The van der Waals surface area contributed by atoms with Crippen LogP contribution in [0.5, 0.6) is 11.5 Å². The molecule has 1 aliphatic heterocycles. The van der Waals surface area contributed by atoms with Crippen molar-refractivity contribution >= 4 is 22.5 Å². The average molecular weight is 360 g/mol. The van der Waals surface area contributed by atoms with Crippen LogP contribution in [-0.2, 0) is 11.2 Å². The smallest absolute Gasteiger partial charge is 0.227 e. The molecule has 2 aromatic carbocycles. The van der Waals surface area contributed by atoms with Crippen molar-refractivity contribution < 1.29 is 9.53 Å². The number of carbonyl (C=O) groups is 1. The van der Waals surface area contributed by atoms with Crippen molar-refractivity contribution in [2.45, 2.75) is 46.1 Å². The van der Waals surface area contributed by atoms with Crippen molar-refractivity contribution in [1.82, 2.24) is 4.98 Å². The summed E-state index contributed by atoms with van der Waals surface area (Å²) in [5.74, 6) is 1.78. The highest BCUT2D eigenvalue weighted by Crippen LogP contribution is 2.35. The highest BCUT2D eigenvalue weighted by Gasteiger charge is 2.29. The molecule has 1 aliphatic rings. The van der Waals surface area contributed by atoms with E-state index >= 15 is 0 Å². The van der Waals surface area contributed by atoms with E-state index in [-0.39, 0.29) is 11.9 Å². The van der Waals surface area contributed by atoms with Gasteiger partial charge in [0.2, 0.25) is 5.91 Å². The van der Waals surface area contributed by atoms with Crippen molar-refractivity contribution in [3.05, 3.63) is 59.8 Å². The van der Waals surface area contributed by atoms with E-state index in [1.54, 1.807) is 6.20 Å². The lowest BCUT2D eigenvalue weighted by molar-refractivity contribution is -0.117. The zero-order valence-corrected chi connectivity index (χ0v) is 16.0. The molecule has 4 heteroatoms. The normalized spacial score (nSPS) is 16.9. The van der Waals surface area contributed by atoms with E-state index in [4.69, 9.17) is 4.74 Å². The molecule has 1 fully saturated rings. The molecule has 1 saturated heterocycles. The summed E-state index contributed by atoms with van der Waals surface area (Å²) >= 11 is 0. The summed E-state index contributed by atoms with van der Waals surface area (Å²) in [5.41, 5.74) is 4.17. The standard InChI is InChI=1S/C23H24N2O2/c1-4-17-6-9-21(15(2)13-17)27-22-11-12-24-20-8-7-18(14-19(20)22)25-16(3)5-10-23(25)26/h6-9,11-14,16H,4-5,10H2,1-3H3. The highest BCUT2D eigenvalue weighted by atomic mass is 16.5. The Morgan fingerprint density at radius 2 is 2.00 bits per heavy atom. The van der Waals surface area contributed by atoms with Crippen LogP contribution in [0.15, 0.2) is 48.7 Å². The minimum Gasteiger partial charge on any atom is -0.456 e. The van der Waals surface area contributed by atoms with Gasteiger partial charge in [-0.3, -0.25) is 9.78 Å². The molecule has 4 nitrogen and oxygen atoms in total. The Balaban J connectivity index is 1.75. The molecule has 0 spiro atoms. The molecule has 2 heterocycles. The van der Waals surface area contributed by atoms with Gasteiger partial charge in [0.05, 0.1) is 5.52 Å². The Morgan fingerprint density at radius 3 is 2.70 bits per heavy atom. The van der Waals surface area contributed by atoms with Gasteiger partial charge in [-0.1, -0.05) is 19.1 Å². The first-order valence-corrected chi connectivity index (χ1v) is 9.55. The molecule has 0 aliphatic carbocycles. The van der Waals surface area contributed by atoms with Crippen LogP contribution in [0.1, 0.15) is 37.8 Å². The number of hydrogen-bond donors (Lipinski definition) is 0. The number of pyridine rings is 1. The number of aryl methyl sites for hydroxylation is 2. The van der Waals surface area contributed by atoms with E-state index in [2.05, 4.69) is 37.9 Å². The number of rotatable bonds is 4. The van der Waals surface area contributed by atoms with Crippen molar-refractivity contribution in [3.63, 3.8) is 0 Å². The molecule has 4 rings (SSSR count). The van der Waals surface area contributed by atoms with Gasteiger partial charge in [0.15, 0.2) is 0 Å². The van der Waals surface area contributed by atoms with Gasteiger partial charge in [0.25, 0.3) is 0 Å². The molecule has 0 radical (unpaired) electrons. The van der Waals surface area contributed by atoms with Crippen molar-refractivity contribution in [1.29, 1.82) is 0 Å². The van der Waals surface area contributed by atoms with Gasteiger partial charge in [0, 0.05) is 29.7 Å². The van der Waals surface area contributed by atoms with E-state index in [0.717, 1.165) is 46.5 Å². The second kappa shape index (κ2) is 7.03. The second-order valence-electron chi connectivity index (χ2n) is 7.22. The summed E-state index contributed by atoms with van der Waals surface area (Å²) in [7, 11) is 0. The van der Waals surface area contributed by atoms with Gasteiger partial charge < -0.3 is 9.64 Å². The zero-order valence-electron chi connectivity index (χ0n) is 16.0. The zero-order chi connectivity index (χ0) is 19.0. The Labute approximate surface area is 159 Å². The van der Waals surface area contributed by atoms with Gasteiger partial charge in [-0.15, -0.1) is 0 Å². The summed E-state index contributed by atoms with van der Waals surface area (Å²) in [6.45, 7) is 6.30. The molecule has 1 unspecified atom stereocenters. The molecule has 1 amide bonds. The predicted octanol–water partition coefficient (Wildman–Crippen LogP) is 5.41. The van der Waals surface area contributed by atoms with Crippen LogP contribution in [0.2, 0.25) is 0 Å². The Bertz CT molecular complexity index is 1010. The number of hydrogen-bond acceptors (Lipinski definition) is 3. The van der Waals surface area contributed by atoms with Crippen LogP contribution < -0.4 is 9.64 Å². The first kappa shape index (κ1) is 17.5. The Morgan fingerprint density at radius 1 is 1.15 bits per heavy atom. The average Bonchev–Trinajstić information content (AvgIpc) is 3.01. The van der Waals surface area contributed by atoms with Crippen LogP contribution in [0.4, 0.5) is 5.69 Å². The van der Waals surface area contributed by atoms with Crippen LogP contribution in [-0.4, -0.2) is 16.9 Å². The van der Waals surface area contributed by atoms with Gasteiger partial charge in [-0.2, -0.15) is 0 Å². The molecule has 138 valence electrons. The summed E-state index contributed by atoms with van der Waals surface area (Å²) in [5, 5.41) is 0.917. The fourth-order valence-corrected chi connectivity index (χ4v) is 3.74. The molecule has 0 N–H and O–H groups in total. The molecular formula is C23H24N2O2. The minimum atomic E-state index is 0.180. The molecule has 1 atom stereocenters. The van der Waals surface area contributed by atoms with Gasteiger partial charge in [-0.25, -0.2) is 0 Å². The Hall–Kier alpha value is -2.88. The SMILES string of the molecule is CCc1ccc(Oc2ccnc3ccc(N4C(=O)CCC4C)cc23)c(C)c1. The monoisotopic (exact) mass is 360 g/mol. The number of nitrogens with zero attached hydrogens (tertiary/aromatic N) is 2. The van der Waals surface area contributed by atoms with Gasteiger partial charge >= 0.3 is 0 Å². The largest absolute Gasteiger partial charge is 0.456 e. The van der Waals surface area contributed by atoms with Crippen LogP contribution in [0.25, 0.3) is 10.9 Å². The number of aromatic nitrogens is 1. The minimum absolute atomic E-state index is 0.180. The lowest BCUT2D eigenvalue weighted by Gasteiger charge is -2.22. The van der Waals surface area contributed by atoms with E-state index in [0.29, 0.717) is 6.42 Å². The third-order valence-electron chi connectivity index (χ3n) is 5.32. The van der Waals surface area contributed by atoms with Crippen LogP contribution in [0.3, 0.4) is 0 Å². The number of fused-ring (bicyclic) bond motifs is 1. The van der Waals surface area contributed by atoms with Crippen LogP contribution >= 0.6 is 0 Å². The number of carbonyl (C=O) groups excluding carboxylic acids is 1. The summed E-state index contributed by atoms with van der Waals surface area (Å²) in [6.07, 6.45) is 4.27. The molecule has 0 bridgehead atoms. The predicted molar refractivity (Wildman–Crippen MR) is 109 cm³/mol. The van der Waals surface area contributed by atoms with E-state index in [9.17, 15) is 4.79 Å². The molecule has 27 heavy (non-hydrogen) atoms. The maximum atomic E-state index is 12.3. The lowest BCUT2D eigenvalue weighted by atomic mass is 10.1. The quantitative estimate of drug-likeness (QED) is 0.624. The first-order chi connectivity index (χ1) is 13.1. The maximum absolute atomic E-state index is 12.3. The van der Waals surface area contributed by atoms with Crippen molar-refractivity contribution in [2.75, 3.05) is 4.90 Å². The van der Waals surface area contributed by atoms with E-state index < -0.39 is 0 Å². The lowest BCUT2D eigenvalue weighted by Crippen LogP contribution is -2.30. The number of benzene rings is 2. The van der Waals surface area contributed by atoms with E-state index in [1.165, 1.54) is 5.56 Å². The van der Waals surface area contributed by atoms with Gasteiger partial charge in [-0.05, 0) is 68.1 Å². The molecule has 3 aromatic rings. The van der Waals surface area contributed by atoms with Crippen molar-refractivity contribution in [3.8, 4) is 11.5 Å². The van der Waals surface area contributed by atoms with E-state index in [1.807, 2.05) is 35.2 Å². The topological polar surface area (TPSA) is 42.4 Å². The maximum Gasteiger partial charge on any atom is 0.227 e. The second-order valence-corrected chi connectivity index (χ2v) is 7.22. The molecule has 0 saturated carbocycles. The Kier molecular flexibility index (Phi) is 4.56. The number of amides is 1. The molecular weight excluding hydrogens is 336 g/mol. The third-order valence-corrected chi connectivity index (χ3v) is 5.32. The third kappa shape index (κ3) is 3.27. The number of ether oxygens (including phenoxy) is 1. The van der Waals surface area contributed by atoms with Gasteiger partial charge in [0.1, 0.15) is 11.5 Å². The summed E-state index contributed by atoms with van der Waals surface area (Å²) in [6, 6.07) is 14.3. The molecule has 1 aromatic heterocycles. The number of anilines is 1. The fraction of sp³-hybridized carbons (Fsp3) is 0.304. The summed E-state index contributed by atoms with van der Waals surface area (Å²) < 4.78 is 6.25. The van der Waals surface area contributed by atoms with Crippen LogP contribution in [0, 0.1) is 6.92 Å². The van der Waals surface area contributed by atoms with Crippen molar-refractivity contribution in [2.24, 2.45) is 0 Å². The fourth-order valence-electron chi connectivity index (χ4n) is 3.74. The summed E-state index contributed by atoms with van der Waals surface area (Å²) in [4.78, 5) is 18.6. The highest BCUT2D eigenvalue weighted by molar-refractivity contribution is 5.99. The first-order valence-electron chi connectivity index (χ1n) is 9.55.